The van der Waals surface area contributed by atoms with Gasteiger partial charge in [-0.1, -0.05) is 20.8 Å². The van der Waals surface area contributed by atoms with E-state index >= 15 is 0 Å². The largest absolute Gasteiger partial charge is 0.423 e. The maximum Gasteiger partial charge on any atom is 0.230 e. The molecule has 0 saturated carbocycles. The van der Waals surface area contributed by atoms with Crippen LogP contribution in [-0.2, 0) is 16.7 Å². The summed E-state index contributed by atoms with van der Waals surface area (Å²) < 4.78 is 11.0. The second-order valence-electron chi connectivity index (χ2n) is 5.66. The molecule has 1 unspecified atom stereocenters. The number of aliphatic hydroxyl groups is 1. The van der Waals surface area contributed by atoms with Crippen LogP contribution >= 0.6 is 0 Å². The van der Waals surface area contributed by atoms with E-state index in [9.17, 15) is 0 Å². The van der Waals surface area contributed by atoms with Gasteiger partial charge in [0, 0.05) is 18.5 Å². The zero-order chi connectivity index (χ0) is 13.2. The van der Waals surface area contributed by atoms with E-state index in [1.165, 1.54) is 0 Å². The van der Waals surface area contributed by atoms with Gasteiger partial charge >= 0.3 is 0 Å². The number of rotatable bonds is 3. The third-order valence-electron chi connectivity index (χ3n) is 2.89. The van der Waals surface area contributed by atoms with E-state index in [1.807, 2.05) is 20.8 Å². The van der Waals surface area contributed by atoms with Crippen molar-refractivity contribution < 1.29 is 14.3 Å². The Kier molecular flexibility index (Phi) is 3.99. The van der Waals surface area contributed by atoms with Crippen LogP contribution in [0, 0.1) is 0 Å². The summed E-state index contributed by atoms with van der Waals surface area (Å²) in [4.78, 5) is 2.16. The molecule has 1 aromatic heterocycles. The van der Waals surface area contributed by atoms with Crippen molar-refractivity contribution in [1.29, 1.82) is 0 Å². The molecule has 18 heavy (non-hydrogen) atoms. The second kappa shape index (κ2) is 5.34. The monoisotopic (exact) mass is 255 g/mol. The summed E-state index contributed by atoms with van der Waals surface area (Å²) >= 11 is 0. The molecule has 6 heteroatoms. The lowest BCUT2D eigenvalue weighted by molar-refractivity contribution is -0.0569. The van der Waals surface area contributed by atoms with Gasteiger partial charge in [0.1, 0.15) is 0 Å². The highest BCUT2D eigenvalue weighted by Crippen LogP contribution is 2.21. The minimum absolute atomic E-state index is 0.0492. The molecular weight excluding hydrogens is 234 g/mol. The summed E-state index contributed by atoms with van der Waals surface area (Å²) in [7, 11) is 0. The molecule has 1 aliphatic heterocycles. The van der Waals surface area contributed by atoms with Crippen LogP contribution in [0.15, 0.2) is 4.42 Å². The van der Waals surface area contributed by atoms with Crippen LogP contribution in [0.2, 0.25) is 0 Å². The molecule has 2 rings (SSSR count). The van der Waals surface area contributed by atoms with Crippen molar-refractivity contribution in [2.45, 2.75) is 38.8 Å². The Labute approximate surface area is 107 Å². The molecule has 1 saturated heterocycles. The molecule has 2 heterocycles. The van der Waals surface area contributed by atoms with Gasteiger partial charge in [-0.2, -0.15) is 0 Å². The average Bonchev–Trinajstić information content (AvgIpc) is 2.77. The maximum atomic E-state index is 9.08. The minimum Gasteiger partial charge on any atom is -0.423 e. The van der Waals surface area contributed by atoms with Crippen LogP contribution in [0.5, 0.6) is 0 Å². The van der Waals surface area contributed by atoms with Gasteiger partial charge in [0.15, 0.2) is 0 Å². The predicted octanol–water partition coefficient (Wildman–Crippen LogP) is 0.560. The summed E-state index contributed by atoms with van der Waals surface area (Å²) in [5, 5.41) is 17.2. The van der Waals surface area contributed by atoms with E-state index in [0.717, 1.165) is 6.54 Å². The molecule has 0 bridgehead atoms. The van der Waals surface area contributed by atoms with E-state index < -0.39 is 0 Å². The van der Waals surface area contributed by atoms with Gasteiger partial charge in [-0.15, -0.1) is 10.2 Å². The first-order chi connectivity index (χ1) is 8.49. The molecule has 6 nitrogen and oxygen atoms in total. The Morgan fingerprint density at radius 1 is 1.39 bits per heavy atom. The number of hydrogen-bond donors (Lipinski definition) is 1. The zero-order valence-electron chi connectivity index (χ0n) is 11.2. The fourth-order valence-electron chi connectivity index (χ4n) is 1.85. The topological polar surface area (TPSA) is 71.6 Å². The van der Waals surface area contributed by atoms with Gasteiger partial charge in [-0.05, 0) is 0 Å². The quantitative estimate of drug-likeness (QED) is 0.851. The van der Waals surface area contributed by atoms with Crippen LogP contribution in [0.1, 0.15) is 32.6 Å². The van der Waals surface area contributed by atoms with Crippen molar-refractivity contribution in [3.8, 4) is 0 Å². The van der Waals surface area contributed by atoms with Crippen molar-refractivity contribution in [2.24, 2.45) is 0 Å². The molecule has 0 spiro atoms. The first-order valence-electron chi connectivity index (χ1n) is 6.26. The Hall–Kier alpha value is -0.980. The molecule has 1 atom stereocenters. The molecule has 1 aromatic rings. The van der Waals surface area contributed by atoms with E-state index in [1.54, 1.807) is 0 Å². The highest BCUT2D eigenvalue weighted by atomic mass is 16.5. The third-order valence-corrected chi connectivity index (χ3v) is 2.89. The Morgan fingerprint density at radius 2 is 2.17 bits per heavy atom. The van der Waals surface area contributed by atoms with Gasteiger partial charge in [0.05, 0.1) is 25.9 Å². The zero-order valence-corrected chi connectivity index (χ0v) is 11.2. The van der Waals surface area contributed by atoms with E-state index in [0.29, 0.717) is 31.5 Å². The summed E-state index contributed by atoms with van der Waals surface area (Å²) in [5.41, 5.74) is -0.121. The molecule has 0 amide bonds. The first kappa shape index (κ1) is 13.5. The summed E-state index contributed by atoms with van der Waals surface area (Å²) in [5.74, 6) is 1.28. The lowest BCUT2D eigenvalue weighted by Gasteiger charge is -2.30. The number of aromatic nitrogens is 2. The van der Waals surface area contributed by atoms with Gasteiger partial charge in [0.25, 0.3) is 0 Å². The lowest BCUT2D eigenvalue weighted by atomic mass is 9.97. The smallest absolute Gasteiger partial charge is 0.230 e. The van der Waals surface area contributed by atoms with Crippen molar-refractivity contribution >= 4 is 0 Å². The van der Waals surface area contributed by atoms with E-state index in [-0.39, 0.29) is 18.1 Å². The average molecular weight is 255 g/mol. The number of aliphatic hydroxyl groups excluding tert-OH is 1. The van der Waals surface area contributed by atoms with Crippen molar-refractivity contribution in [3.05, 3.63) is 11.8 Å². The van der Waals surface area contributed by atoms with Crippen LogP contribution in [-0.4, -0.2) is 52.6 Å². The molecule has 1 N–H and O–H groups in total. The van der Waals surface area contributed by atoms with Crippen molar-refractivity contribution in [1.82, 2.24) is 15.1 Å². The summed E-state index contributed by atoms with van der Waals surface area (Å²) in [6.45, 7) is 8.94. The fraction of sp³-hybridized carbons (Fsp3) is 0.833. The first-order valence-corrected chi connectivity index (χ1v) is 6.26. The highest BCUT2D eigenvalue weighted by molar-refractivity contribution is 4.96. The molecule has 0 aliphatic carbocycles. The van der Waals surface area contributed by atoms with Gasteiger partial charge in [-0.3, -0.25) is 4.90 Å². The van der Waals surface area contributed by atoms with Crippen molar-refractivity contribution in [3.63, 3.8) is 0 Å². The number of hydrogen-bond acceptors (Lipinski definition) is 6. The number of morpholine rings is 1. The Morgan fingerprint density at radius 3 is 2.78 bits per heavy atom. The van der Waals surface area contributed by atoms with E-state index in [2.05, 4.69) is 15.1 Å². The number of nitrogens with zero attached hydrogens (tertiary/aromatic N) is 3. The lowest BCUT2D eigenvalue weighted by Crippen LogP contribution is -2.43. The molecule has 1 aliphatic rings. The SMILES string of the molecule is CC(C)(C)c1nnc(CN2CCOC(CO)C2)o1. The number of ether oxygens (including phenoxy) is 1. The van der Waals surface area contributed by atoms with Gasteiger partial charge in [-0.25, -0.2) is 0 Å². The van der Waals surface area contributed by atoms with Gasteiger partial charge in [0.2, 0.25) is 11.8 Å². The maximum absolute atomic E-state index is 9.08. The predicted molar refractivity (Wildman–Crippen MR) is 65.1 cm³/mol. The van der Waals surface area contributed by atoms with Crippen molar-refractivity contribution in [2.75, 3.05) is 26.3 Å². The van der Waals surface area contributed by atoms with E-state index in [4.69, 9.17) is 14.3 Å². The summed E-state index contributed by atoms with van der Waals surface area (Å²) in [6.07, 6.45) is -0.108. The Balaban J connectivity index is 1.95. The molecule has 102 valence electrons. The van der Waals surface area contributed by atoms with Crippen LogP contribution in [0.3, 0.4) is 0 Å². The Bertz CT molecular complexity index is 386. The van der Waals surface area contributed by atoms with Crippen LogP contribution < -0.4 is 0 Å². The van der Waals surface area contributed by atoms with Crippen LogP contribution in [0.25, 0.3) is 0 Å². The highest BCUT2D eigenvalue weighted by Gasteiger charge is 2.24. The fourth-order valence-corrected chi connectivity index (χ4v) is 1.85. The minimum atomic E-state index is -0.121. The normalized spacial score (nSPS) is 22.3. The standard InChI is InChI=1S/C12H21N3O3/c1-12(2,3)11-14-13-10(18-11)7-15-4-5-17-9(6-15)8-16/h9,16H,4-8H2,1-3H3. The molecular formula is C12H21N3O3. The summed E-state index contributed by atoms with van der Waals surface area (Å²) in [6, 6.07) is 0. The molecule has 0 aromatic carbocycles. The third kappa shape index (κ3) is 3.28. The van der Waals surface area contributed by atoms with Gasteiger partial charge < -0.3 is 14.3 Å². The van der Waals surface area contributed by atoms with Crippen LogP contribution in [0.4, 0.5) is 0 Å². The molecule has 0 radical (unpaired) electrons. The second-order valence-corrected chi connectivity index (χ2v) is 5.66. The molecule has 1 fully saturated rings.